The van der Waals surface area contributed by atoms with Gasteiger partial charge in [0.1, 0.15) is 0 Å². The first-order valence-electron chi connectivity index (χ1n) is 3.67. The molecule has 4 nitrogen and oxygen atoms in total. The van der Waals surface area contributed by atoms with Gasteiger partial charge in [-0.2, -0.15) is 0 Å². The van der Waals surface area contributed by atoms with Crippen molar-refractivity contribution in [3.8, 4) is 0 Å². The van der Waals surface area contributed by atoms with Gasteiger partial charge in [0.25, 0.3) is 0 Å². The largest absolute Gasteiger partial charge is 0.467 e. The Morgan fingerprint density at radius 3 is 2.91 bits per heavy atom. The van der Waals surface area contributed by atoms with Gasteiger partial charge in [-0.15, -0.1) is 0 Å². The lowest BCUT2D eigenvalue weighted by molar-refractivity contribution is -0.156. The van der Waals surface area contributed by atoms with Crippen molar-refractivity contribution in [2.24, 2.45) is 0 Å². The molecule has 4 heteroatoms. The number of morpholine rings is 1. The Bertz CT molecular complexity index is 141. The molecule has 1 unspecified atom stereocenters. The average molecular weight is 159 g/mol. The van der Waals surface area contributed by atoms with Gasteiger partial charge in [-0.1, -0.05) is 0 Å². The molecule has 1 saturated heterocycles. The first kappa shape index (κ1) is 8.49. The van der Waals surface area contributed by atoms with Crippen LogP contribution in [0, 0.1) is 0 Å². The molecule has 1 aliphatic heterocycles. The van der Waals surface area contributed by atoms with Crippen molar-refractivity contribution in [3.05, 3.63) is 0 Å². The molecule has 0 amide bonds. The minimum Gasteiger partial charge on any atom is -0.467 e. The standard InChI is InChI=1S/C7H13NO3/c1-5-4-11-6(3-8-5)7(9)10-2/h5-6,8H,3-4H2,1-2H3/t5?,6-/m1/s1. The van der Waals surface area contributed by atoms with Crippen LogP contribution >= 0.6 is 0 Å². The molecule has 1 fully saturated rings. The molecule has 64 valence electrons. The maximum atomic E-state index is 10.9. The summed E-state index contributed by atoms with van der Waals surface area (Å²) in [4.78, 5) is 10.9. The van der Waals surface area contributed by atoms with Crippen LogP contribution in [0.15, 0.2) is 0 Å². The van der Waals surface area contributed by atoms with Crippen LogP contribution in [0.2, 0.25) is 0 Å². The Balaban J connectivity index is 2.33. The maximum absolute atomic E-state index is 10.9. The molecule has 1 rings (SSSR count). The molecule has 0 aromatic heterocycles. The van der Waals surface area contributed by atoms with Gasteiger partial charge in [0.15, 0.2) is 6.10 Å². The second-order valence-corrected chi connectivity index (χ2v) is 2.65. The molecule has 0 spiro atoms. The molecule has 2 atom stereocenters. The van der Waals surface area contributed by atoms with E-state index in [-0.39, 0.29) is 5.97 Å². The second-order valence-electron chi connectivity index (χ2n) is 2.65. The fraction of sp³-hybridized carbons (Fsp3) is 0.857. The minimum absolute atomic E-state index is 0.301. The average Bonchev–Trinajstić information content (AvgIpc) is 2.05. The van der Waals surface area contributed by atoms with Crippen LogP contribution in [-0.4, -0.2) is 38.4 Å². The SMILES string of the molecule is COC(=O)[C@H]1CNC(C)CO1. The third kappa shape index (κ3) is 2.17. The maximum Gasteiger partial charge on any atom is 0.336 e. The smallest absolute Gasteiger partial charge is 0.336 e. The van der Waals surface area contributed by atoms with Gasteiger partial charge in [-0.25, -0.2) is 4.79 Å². The molecule has 0 aromatic rings. The lowest BCUT2D eigenvalue weighted by Gasteiger charge is -2.26. The number of methoxy groups -OCH3 is 1. The summed E-state index contributed by atoms with van der Waals surface area (Å²) in [7, 11) is 1.36. The molecule has 0 bridgehead atoms. The van der Waals surface area contributed by atoms with Crippen molar-refractivity contribution in [2.75, 3.05) is 20.3 Å². The van der Waals surface area contributed by atoms with Crippen molar-refractivity contribution >= 4 is 5.97 Å². The number of hydrogen-bond donors (Lipinski definition) is 1. The number of nitrogens with one attached hydrogen (secondary N) is 1. The zero-order chi connectivity index (χ0) is 8.27. The van der Waals surface area contributed by atoms with Crippen molar-refractivity contribution in [2.45, 2.75) is 19.1 Å². The summed E-state index contributed by atoms with van der Waals surface area (Å²) in [6, 6.07) is 0.330. The first-order valence-corrected chi connectivity index (χ1v) is 3.67. The van der Waals surface area contributed by atoms with Crippen molar-refractivity contribution in [1.29, 1.82) is 0 Å². The number of carbonyl (C=O) groups excluding carboxylic acids is 1. The quantitative estimate of drug-likeness (QED) is 0.526. The molecule has 0 aromatic carbocycles. The predicted molar refractivity (Wildman–Crippen MR) is 39.2 cm³/mol. The highest BCUT2D eigenvalue weighted by Crippen LogP contribution is 2.01. The normalized spacial score (nSPS) is 31.5. The predicted octanol–water partition coefficient (Wildman–Crippen LogP) is -0.464. The van der Waals surface area contributed by atoms with Crippen LogP contribution in [0.3, 0.4) is 0 Å². The van der Waals surface area contributed by atoms with Gasteiger partial charge in [0, 0.05) is 12.6 Å². The summed E-state index contributed by atoms with van der Waals surface area (Å²) in [6.45, 7) is 3.13. The molecule has 11 heavy (non-hydrogen) atoms. The fourth-order valence-electron chi connectivity index (χ4n) is 0.969. The van der Waals surface area contributed by atoms with E-state index in [2.05, 4.69) is 10.1 Å². The topological polar surface area (TPSA) is 47.6 Å². The monoisotopic (exact) mass is 159 g/mol. The molecule has 1 aliphatic rings. The zero-order valence-corrected chi connectivity index (χ0v) is 6.79. The highest BCUT2D eigenvalue weighted by Gasteiger charge is 2.24. The summed E-state index contributed by atoms with van der Waals surface area (Å²) in [5.41, 5.74) is 0. The third-order valence-electron chi connectivity index (χ3n) is 1.66. The number of hydrogen-bond acceptors (Lipinski definition) is 4. The summed E-state index contributed by atoms with van der Waals surface area (Å²) < 4.78 is 9.73. The van der Waals surface area contributed by atoms with E-state index in [1.165, 1.54) is 7.11 Å². The van der Waals surface area contributed by atoms with Crippen LogP contribution in [0.4, 0.5) is 0 Å². The number of esters is 1. The van der Waals surface area contributed by atoms with E-state index in [1.807, 2.05) is 6.92 Å². The lowest BCUT2D eigenvalue weighted by atomic mass is 10.2. The molecule has 0 aliphatic carbocycles. The van der Waals surface area contributed by atoms with Gasteiger partial charge in [-0.05, 0) is 6.92 Å². The van der Waals surface area contributed by atoms with E-state index in [0.29, 0.717) is 19.2 Å². The molecule has 0 saturated carbocycles. The molecular formula is C7H13NO3. The molecule has 0 radical (unpaired) electrons. The summed E-state index contributed by atoms with van der Waals surface area (Å²) in [6.07, 6.45) is -0.420. The van der Waals surface area contributed by atoms with Gasteiger partial charge >= 0.3 is 5.97 Å². The van der Waals surface area contributed by atoms with Crippen LogP contribution in [0.25, 0.3) is 0 Å². The van der Waals surface area contributed by atoms with Gasteiger partial charge in [0.2, 0.25) is 0 Å². The fourth-order valence-corrected chi connectivity index (χ4v) is 0.969. The zero-order valence-electron chi connectivity index (χ0n) is 6.79. The van der Waals surface area contributed by atoms with E-state index in [1.54, 1.807) is 0 Å². The summed E-state index contributed by atoms with van der Waals surface area (Å²) >= 11 is 0. The molecule has 1 heterocycles. The van der Waals surface area contributed by atoms with Crippen molar-refractivity contribution in [3.63, 3.8) is 0 Å². The number of carbonyl (C=O) groups is 1. The Kier molecular flexibility index (Phi) is 2.84. The van der Waals surface area contributed by atoms with E-state index in [0.717, 1.165) is 0 Å². The minimum atomic E-state index is -0.420. The highest BCUT2D eigenvalue weighted by atomic mass is 16.6. The molecular weight excluding hydrogens is 146 g/mol. The van der Waals surface area contributed by atoms with Crippen molar-refractivity contribution < 1.29 is 14.3 Å². The van der Waals surface area contributed by atoms with Gasteiger partial charge < -0.3 is 14.8 Å². The Labute approximate surface area is 65.9 Å². The highest BCUT2D eigenvalue weighted by molar-refractivity contribution is 5.74. The van der Waals surface area contributed by atoms with Crippen LogP contribution < -0.4 is 5.32 Å². The van der Waals surface area contributed by atoms with E-state index < -0.39 is 6.10 Å². The van der Waals surface area contributed by atoms with Crippen LogP contribution in [0.5, 0.6) is 0 Å². The molecule has 1 N–H and O–H groups in total. The van der Waals surface area contributed by atoms with Crippen LogP contribution in [-0.2, 0) is 14.3 Å². The van der Waals surface area contributed by atoms with E-state index >= 15 is 0 Å². The van der Waals surface area contributed by atoms with Crippen LogP contribution in [0.1, 0.15) is 6.92 Å². The van der Waals surface area contributed by atoms with Gasteiger partial charge in [-0.3, -0.25) is 0 Å². The van der Waals surface area contributed by atoms with E-state index in [9.17, 15) is 4.79 Å². The Hall–Kier alpha value is -0.610. The second kappa shape index (κ2) is 3.69. The summed E-state index contributed by atoms with van der Waals surface area (Å²) in [5.74, 6) is -0.301. The Morgan fingerprint density at radius 2 is 2.45 bits per heavy atom. The third-order valence-corrected chi connectivity index (χ3v) is 1.66. The number of ether oxygens (including phenoxy) is 2. The van der Waals surface area contributed by atoms with Gasteiger partial charge in [0.05, 0.1) is 13.7 Å². The van der Waals surface area contributed by atoms with Crippen molar-refractivity contribution in [1.82, 2.24) is 5.32 Å². The number of rotatable bonds is 1. The lowest BCUT2D eigenvalue weighted by Crippen LogP contribution is -2.48. The van der Waals surface area contributed by atoms with E-state index in [4.69, 9.17) is 4.74 Å². The summed E-state index contributed by atoms with van der Waals surface area (Å²) in [5, 5.41) is 3.12. The first-order chi connectivity index (χ1) is 5.24. The Morgan fingerprint density at radius 1 is 1.73 bits per heavy atom.